The van der Waals surface area contributed by atoms with E-state index in [1.165, 1.54) is 0 Å². The van der Waals surface area contributed by atoms with Gasteiger partial charge < -0.3 is 9.73 Å². The Kier molecular flexibility index (Phi) is 4.34. The van der Waals surface area contributed by atoms with Crippen molar-refractivity contribution < 1.29 is 9.21 Å². The minimum absolute atomic E-state index is 0.150. The zero-order valence-electron chi connectivity index (χ0n) is 10.5. The van der Waals surface area contributed by atoms with Gasteiger partial charge in [-0.2, -0.15) is 0 Å². The fourth-order valence-electron chi connectivity index (χ4n) is 1.67. The van der Waals surface area contributed by atoms with Crippen molar-refractivity contribution in [3.63, 3.8) is 0 Å². The Labute approximate surface area is 112 Å². The van der Waals surface area contributed by atoms with E-state index in [0.717, 1.165) is 5.56 Å². The van der Waals surface area contributed by atoms with E-state index in [-0.39, 0.29) is 5.91 Å². The third kappa shape index (κ3) is 3.45. The van der Waals surface area contributed by atoms with Crippen molar-refractivity contribution in [3.05, 3.63) is 72.7 Å². The van der Waals surface area contributed by atoms with Crippen LogP contribution in [-0.2, 0) is 4.79 Å². The molecule has 19 heavy (non-hydrogen) atoms. The van der Waals surface area contributed by atoms with Gasteiger partial charge in [0.15, 0.2) is 0 Å². The normalized spacial score (nSPS) is 11.1. The van der Waals surface area contributed by atoms with Crippen molar-refractivity contribution in [1.82, 2.24) is 5.32 Å². The summed E-state index contributed by atoms with van der Waals surface area (Å²) in [5, 5.41) is 2.78. The molecule has 2 rings (SSSR count). The van der Waals surface area contributed by atoms with Gasteiger partial charge in [0.25, 0.3) is 5.91 Å². The topological polar surface area (TPSA) is 42.2 Å². The van der Waals surface area contributed by atoms with Crippen LogP contribution < -0.4 is 5.32 Å². The van der Waals surface area contributed by atoms with Gasteiger partial charge in [0.2, 0.25) is 0 Å². The van der Waals surface area contributed by atoms with Crippen molar-refractivity contribution in [3.8, 4) is 0 Å². The molecular formula is C16H15NO2. The van der Waals surface area contributed by atoms with Gasteiger partial charge in [-0.1, -0.05) is 36.4 Å². The summed E-state index contributed by atoms with van der Waals surface area (Å²) in [6.45, 7) is 4.02. The molecule has 0 unspecified atom stereocenters. The van der Waals surface area contributed by atoms with Gasteiger partial charge in [0.05, 0.1) is 11.8 Å². The van der Waals surface area contributed by atoms with E-state index in [1.807, 2.05) is 36.4 Å². The van der Waals surface area contributed by atoms with Crippen molar-refractivity contribution in [2.24, 2.45) is 0 Å². The van der Waals surface area contributed by atoms with E-state index in [1.54, 1.807) is 24.5 Å². The number of amides is 1. The number of furan rings is 1. The summed E-state index contributed by atoms with van der Waals surface area (Å²) in [6, 6.07) is 13.1. The molecule has 1 aromatic carbocycles. The molecule has 3 nitrogen and oxygen atoms in total. The highest BCUT2D eigenvalue weighted by atomic mass is 16.3. The highest BCUT2D eigenvalue weighted by Gasteiger charge is 2.11. The molecule has 2 aromatic rings. The minimum Gasteiger partial charge on any atom is -0.465 e. The number of carbonyl (C=O) groups is 1. The van der Waals surface area contributed by atoms with Crippen LogP contribution in [0.3, 0.4) is 0 Å². The summed E-state index contributed by atoms with van der Waals surface area (Å²) in [6.07, 6.45) is 4.96. The molecule has 1 aromatic heterocycles. The van der Waals surface area contributed by atoms with Gasteiger partial charge in [-0.15, -0.1) is 6.58 Å². The molecule has 1 heterocycles. The summed E-state index contributed by atoms with van der Waals surface area (Å²) < 4.78 is 5.26. The van der Waals surface area contributed by atoms with Crippen LogP contribution in [0.1, 0.15) is 11.3 Å². The van der Waals surface area contributed by atoms with Gasteiger partial charge >= 0.3 is 0 Å². The lowest BCUT2D eigenvalue weighted by Crippen LogP contribution is -2.24. The largest absolute Gasteiger partial charge is 0.465 e. The summed E-state index contributed by atoms with van der Waals surface area (Å²) in [5.41, 5.74) is 1.41. The highest BCUT2D eigenvalue weighted by molar-refractivity contribution is 6.24. The molecule has 0 bridgehead atoms. The van der Waals surface area contributed by atoms with Crippen molar-refractivity contribution >= 4 is 17.6 Å². The molecule has 0 saturated heterocycles. The molecule has 0 spiro atoms. The first-order chi connectivity index (χ1) is 9.31. The van der Waals surface area contributed by atoms with E-state index in [0.29, 0.717) is 17.9 Å². The van der Waals surface area contributed by atoms with Crippen molar-refractivity contribution in [2.45, 2.75) is 0 Å². The van der Waals surface area contributed by atoms with E-state index in [9.17, 15) is 4.79 Å². The average Bonchev–Trinajstić information content (AvgIpc) is 2.96. The predicted molar refractivity (Wildman–Crippen MR) is 76.2 cm³/mol. The second-order valence-electron chi connectivity index (χ2n) is 3.94. The van der Waals surface area contributed by atoms with Gasteiger partial charge in [-0.3, -0.25) is 4.79 Å². The van der Waals surface area contributed by atoms with E-state index in [2.05, 4.69) is 11.9 Å². The summed E-state index contributed by atoms with van der Waals surface area (Å²) >= 11 is 0. The van der Waals surface area contributed by atoms with Crippen LogP contribution in [0.25, 0.3) is 11.6 Å². The summed E-state index contributed by atoms with van der Waals surface area (Å²) in [4.78, 5) is 12.2. The molecular weight excluding hydrogens is 238 g/mol. The standard InChI is InChI=1S/C16H15NO2/c1-2-10-17-16(18)15(12-14-9-6-11-19-14)13-7-4-3-5-8-13/h2-9,11-12H,1,10H2,(H,17,18)/b15-12+. The fraction of sp³-hybridized carbons (Fsp3) is 0.0625. The van der Waals surface area contributed by atoms with Crippen LogP contribution in [0.15, 0.2) is 65.8 Å². The van der Waals surface area contributed by atoms with Crippen LogP contribution >= 0.6 is 0 Å². The SMILES string of the molecule is C=CCNC(=O)/C(=C/c1ccco1)c1ccccc1. The number of rotatable bonds is 5. The third-order valence-electron chi connectivity index (χ3n) is 2.57. The summed E-state index contributed by atoms with van der Waals surface area (Å²) in [7, 11) is 0. The fourth-order valence-corrected chi connectivity index (χ4v) is 1.67. The molecule has 0 aliphatic rings. The van der Waals surface area contributed by atoms with E-state index in [4.69, 9.17) is 4.42 Å². The molecule has 1 N–H and O–H groups in total. The lowest BCUT2D eigenvalue weighted by atomic mass is 10.0. The Morgan fingerprint density at radius 1 is 1.21 bits per heavy atom. The molecule has 0 fully saturated rings. The van der Waals surface area contributed by atoms with Crippen LogP contribution in [0, 0.1) is 0 Å². The van der Waals surface area contributed by atoms with E-state index >= 15 is 0 Å². The zero-order chi connectivity index (χ0) is 13.5. The number of hydrogen-bond donors (Lipinski definition) is 1. The molecule has 1 amide bonds. The second-order valence-corrected chi connectivity index (χ2v) is 3.94. The molecule has 0 atom stereocenters. The van der Waals surface area contributed by atoms with Crippen molar-refractivity contribution in [2.75, 3.05) is 6.54 Å². The first kappa shape index (κ1) is 12.9. The maximum absolute atomic E-state index is 12.2. The molecule has 0 saturated carbocycles. The van der Waals surface area contributed by atoms with Crippen molar-refractivity contribution in [1.29, 1.82) is 0 Å². The third-order valence-corrected chi connectivity index (χ3v) is 2.57. The zero-order valence-corrected chi connectivity index (χ0v) is 10.5. The highest BCUT2D eigenvalue weighted by Crippen LogP contribution is 2.18. The number of nitrogens with one attached hydrogen (secondary N) is 1. The lowest BCUT2D eigenvalue weighted by molar-refractivity contribution is -0.115. The van der Waals surface area contributed by atoms with Gasteiger partial charge in [-0.25, -0.2) is 0 Å². The van der Waals surface area contributed by atoms with Crippen LogP contribution in [-0.4, -0.2) is 12.5 Å². The monoisotopic (exact) mass is 253 g/mol. The molecule has 0 aliphatic heterocycles. The Balaban J connectivity index is 2.33. The smallest absolute Gasteiger partial charge is 0.252 e. The van der Waals surface area contributed by atoms with E-state index < -0.39 is 0 Å². The lowest BCUT2D eigenvalue weighted by Gasteiger charge is -2.07. The van der Waals surface area contributed by atoms with Crippen LogP contribution in [0.2, 0.25) is 0 Å². The predicted octanol–water partition coefficient (Wildman–Crippen LogP) is 3.12. The number of carbonyl (C=O) groups excluding carboxylic acids is 1. The second kappa shape index (κ2) is 6.40. The van der Waals surface area contributed by atoms with Crippen LogP contribution in [0.5, 0.6) is 0 Å². The number of benzene rings is 1. The average molecular weight is 253 g/mol. The maximum atomic E-state index is 12.2. The quantitative estimate of drug-likeness (QED) is 0.657. The summed E-state index contributed by atoms with van der Waals surface area (Å²) in [5.74, 6) is 0.495. The van der Waals surface area contributed by atoms with Gasteiger partial charge in [0.1, 0.15) is 5.76 Å². The van der Waals surface area contributed by atoms with Gasteiger partial charge in [-0.05, 0) is 23.8 Å². The minimum atomic E-state index is -0.150. The molecule has 96 valence electrons. The maximum Gasteiger partial charge on any atom is 0.252 e. The molecule has 0 aliphatic carbocycles. The molecule has 0 radical (unpaired) electrons. The van der Waals surface area contributed by atoms with Crippen LogP contribution in [0.4, 0.5) is 0 Å². The first-order valence-corrected chi connectivity index (χ1v) is 6.01. The first-order valence-electron chi connectivity index (χ1n) is 6.01. The number of hydrogen-bond acceptors (Lipinski definition) is 2. The Morgan fingerprint density at radius 3 is 2.63 bits per heavy atom. The Bertz CT molecular complexity index is 568. The molecule has 3 heteroatoms. The Hall–Kier alpha value is -2.55. The van der Waals surface area contributed by atoms with Gasteiger partial charge in [0, 0.05) is 6.54 Å². The Morgan fingerprint density at radius 2 is 2.00 bits per heavy atom.